The third-order valence-corrected chi connectivity index (χ3v) is 5.74. The van der Waals surface area contributed by atoms with E-state index in [2.05, 4.69) is 37.0 Å². The summed E-state index contributed by atoms with van der Waals surface area (Å²) in [5.74, 6) is 0.442. The Kier molecular flexibility index (Phi) is 8.26. The van der Waals surface area contributed by atoms with E-state index in [0.717, 1.165) is 22.0 Å². The molecule has 3 aromatic rings. The monoisotopic (exact) mass is 445 g/mol. The quantitative estimate of drug-likeness (QED) is 0.281. The molecule has 7 nitrogen and oxygen atoms in total. The molecular weight excluding hydrogens is 423 g/mol. The fraction of sp³-hybridized carbons (Fsp3) is 0.286. The van der Waals surface area contributed by atoms with Gasteiger partial charge in [0.05, 0.1) is 11.2 Å². The number of aryl methyl sites for hydroxylation is 1. The van der Waals surface area contributed by atoms with Gasteiger partial charge in [-0.2, -0.15) is 0 Å². The molecule has 1 aromatic carbocycles. The minimum atomic E-state index is -0.118. The van der Waals surface area contributed by atoms with E-state index in [1.807, 2.05) is 44.2 Å². The standard InChI is InChI=1S/C21H22N6OS.K/c1-13-10-19(27-26-13)23-9-8-22-14(2)16-4-3-5-17(11-16)25-20(28)18-12-24-21(29-18)15-6-7-15;/h3-5,9-12,14-15,22H,6-7H2,1-2H3,(H,23,27)(H,25,28);/q-2;+1. The molecule has 1 saturated carbocycles. The van der Waals surface area contributed by atoms with Crippen LogP contribution >= 0.6 is 11.3 Å². The number of amides is 1. The number of rotatable bonds is 7. The zero-order chi connectivity index (χ0) is 20.2. The molecule has 1 amide bonds. The Balaban J connectivity index is 0.00000256. The minimum Gasteiger partial charge on any atom is -0.560 e. The van der Waals surface area contributed by atoms with Crippen molar-refractivity contribution in [1.29, 1.82) is 0 Å². The van der Waals surface area contributed by atoms with Gasteiger partial charge in [0.2, 0.25) is 0 Å². The van der Waals surface area contributed by atoms with Crippen molar-refractivity contribution in [2.24, 2.45) is 4.99 Å². The first kappa shape index (κ1) is 23.2. The van der Waals surface area contributed by atoms with Gasteiger partial charge < -0.3 is 21.8 Å². The van der Waals surface area contributed by atoms with Crippen LogP contribution in [0.15, 0.2) is 47.7 Å². The molecule has 0 bridgehead atoms. The Morgan fingerprint density at radius 3 is 3.03 bits per heavy atom. The molecule has 0 saturated heterocycles. The Bertz CT molecular complexity index is 1090. The number of aromatic amines is 1. The molecule has 0 aliphatic heterocycles. The predicted molar refractivity (Wildman–Crippen MR) is 112 cm³/mol. The summed E-state index contributed by atoms with van der Waals surface area (Å²) in [4.78, 5) is 21.7. The van der Waals surface area contributed by atoms with Crippen LogP contribution in [0.2, 0.25) is 0 Å². The van der Waals surface area contributed by atoms with E-state index >= 15 is 0 Å². The number of nitrogens with one attached hydrogen (secondary N) is 3. The Morgan fingerprint density at radius 1 is 1.47 bits per heavy atom. The van der Waals surface area contributed by atoms with E-state index in [9.17, 15) is 4.79 Å². The maximum absolute atomic E-state index is 12.5. The number of benzene rings is 1. The Hall–Kier alpha value is -1.49. The molecule has 150 valence electrons. The molecule has 30 heavy (non-hydrogen) atoms. The maximum atomic E-state index is 12.5. The zero-order valence-corrected chi connectivity index (χ0v) is 21.2. The van der Waals surface area contributed by atoms with Gasteiger partial charge >= 0.3 is 51.4 Å². The molecule has 4 rings (SSSR count). The predicted octanol–water partition coefficient (Wildman–Crippen LogP) is 0.553. The van der Waals surface area contributed by atoms with Crippen LogP contribution < -0.4 is 67.5 Å². The largest absolute Gasteiger partial charge is 1.00 e. The summed E-state index contributed by atoms with van der Waals surface area (Å²) in [7, 11) is 0. The smallest absolute Gasteiger partial charge is 0.560 e. The van der Waals surface area contributed by atoms with Crippen molar-refractivity contribution in [2.45, 2.75) is 38.6 Å². The third kappa shape index (κ3) is 6.25. The first-order chi connectivity index (χ1) is 14.1. The molecule has 9 heteroatoms. The molecule has 1 atom stereocenters. The average molecular weight is 446 g/mol. The van der Waals surface area contributed by atoms with Crippen LogP contribution in [-0.2, 0) is 0 Å². The van der Waals surface area contributed by atoms with Crippen molar-refractivity contribution >= 4 is 22.9 Å². The normalized spacial score (nSPS) is 15.1. The molecule has 0 spiro atoms. The van der Waals surface area contributed by atoms with Gasteiger partial charge in [-0.05, 0) is 42.9 Å². The maximum Gasteiger partial charge on any atom is 1.00 e. The number of hydrogen-bond acceptors (Lipinski definition) is 6. The van der Waals surface area contributed by atoms with Gasteiger partial charge in [0.25, 0.3) is 5.91 Å². The molecule has 1 unspecified atom stereocenters. The molecule has 1 aliphatic rings. The molecule has 3 N–H and O–H groups in total. The van der Waals surface area contributed by atoms with Gasteiger partial charge in [0, 0.05) is 17.6 Å². The van der Waals surface area contributed by atoms with Gasteiger partial charge in [-0.15, -0.1) is 17.5 Å². The van der Waals surface area contributed by atoms with Crippen LogP contribution in [0.4, 0.5) is 5.69 Å². The Morgan fingerprint density at radius 2 is 2.30 bits per heavy atom. The minimum absolute atomic E-state index is 0. The number of carbonyl (C=O) groups is 1. The third-order valence-electron chi connectivity index (χ3n) is 4.58. The van der Waals surface area contributed by atoms with Crippen molar-refractivity contribution in [1.82, 2.24) is 20.5 Å². The number of anilines is 1. The number of thiazole rings is 1. The number of H-pyrrole nitrogens is 1. The summed E-state index contributed by atoms with van der Waals surface area (Å²) in [6.45, 7) is 3.92. The van der Waals surface area contributed by atoms with E-state index in [0.29, 0.717) is 16.3 Å². The van der Waals surface area contributed by atoms with Gasteiger partial charge in [-0.3, -0.25) is 16.0 Å². The average Bonchev–Trinajstić information content (AvgIpc) is 3.29. The molecule has 2 heterocycles. The summed E-state index contributed by atoms with van der Waals surface area (Å²) in [6, 6.07) is 9.62. The number of carbonyl (C=O) groups excluding carboxylic acids is 1. The molecule has 1 fully saturated rings. The van der Waals surface area contributed by atoms with Crippen molar-refractivity contribution in [3.63, 3.8) is 0 Å². The van der Waals surface area contributed by atoms with E-state index < -0.39 is 0 Å². The van der Waals surface area contributed by atoms with Crippen LogP contribution in [0.5, 0.6) is 0 Å². The summed E-state index contributed by atoms with van der Waals surface area (Å²) in [6.07, 6.45) is 8.57. The molecule has 1 aliphatic carbocycles. The fourth-order valence-corrected chi connectivity index (χ4v) is 3.79. The first-order valence-electron chi connectivity index (χ1n) is 9.51. The topological polar surface area (TPSA) is 95.1 Å². The second-order valence-electron chi connectivity index (χ2n) is 7.08. The second-order valence-corrected chi connectivity index (χ2v) is 8.14. The summed E-state index contributed by atoms with van der Waals surface area (Å²) >= 11 is 1.49. The summed E-state index contributed by atoms with van der Waals surface area (Å²) in [5, 5.41) is 14.0. The number of aromatic nitrogens is 3. The van der Waals surface area contributed by atoms with Gasteiger partial charge in [0.1, 0.15) is 4.88 Å². The van der Waals surface area contributed by atoms with Crippen LogP contribution in [0.3, 0.4) is 0 Å². The van der Waals surface area contributed by atoms with E-state index in [-0.39, 0.29) is 63.3 Å². The van der Waals surface area contributed by atoms with Crippen LogP contribution in [-0.4, -0.2) is 21.1 Å². The Labute approximate surface area is 221 Å². The van der Waals surface area contributed by atoms with Crippen molar-refractivity contribution < 1.29 is 56.2 Å². The SMILES string of the molecule is Cc1[cH-]c(=NC=[C-]NC(C)c2cccc(NC(=O)c3cnc(C4CC4)s3)c2)[nH]n1.[K+]. The number of hydrogen-bond donors (Lipinski definition) is 3. The van der Waals surface area contributed by atoms with Gasteiger partial charge in [-0.1, -0.05) is 24.8 Å². The van der Waals surface area contributed by atoms with E-state index in [1.165, 1.54) is 24.2 Å². The van der Waals surface area contributed by atoms with Crippen molar-refractivity contribution in [3.8, 4) is 0 Å². The van der Waals surface area contributed by atoms with Gasteiger partial charge in [0.15, 0.2) is 0 Å². The van der Waals surface area contributed by atoms with Gasteiger partial charge in [-0.25, -0.2) is 10.1 Å². The van der Waals surface area contributed by atoms with E-state index in [1.54, 1.807) is 12.4 Å². The summed E-state index contributed by atoms with van der Waals surface area (Å²) in [5.41, 5.74) is 3.36. The molecule has 2 aromatic heterocycles. The molecular formula is C21H22KN6OS-. The van der Waals surface area contributed by atoms with Crippen LogP contribution in [0.25, 0.3) is 0 Å². The second kappa shape index (κ2) is 10.7. The van der Waals surface area contributed by atoms with E-state index in [4.69, 9.17) is 0 Å². The molecule has 0 radical (unpaired) electrons. The van der Waals surface area contributed by atoms with Crippen molar-refractivity contribution in [2.75, 3.05) is 5.32 Å². The zero-order valence-electron chi connectivity index (χ0n) is 17.3. The first-order valence-corrected chi connectivity index (χ1v) is 10.3. The summed E-state index contributed by atoms with van der Waals surface area (Å²) < 4.78 is 0. The van der Waals surface area contributed by atoms with Crippen LogP contribution in [0.1, 0.15) is 57.7 Å². The van der Waals surface area contributed by atoms with Crippen LogP contribution in [0, 0.1) is 13.1 Å². The number of nitrogens with zero attached hydrogens (tertiary/aromatic N) is 3. The fourth-order valence-electron chi connectivity index (χ4n) is 2.81. The van der Waals surface area contributed by atoms with Crippen molar-refractivity contribution in [3.05, 3.63) is 75.6 Å².